The number of likely N-dealkylation sites (tertiary alicyclic amines) is 1. The van der Waals surface area contributed by atoms with Gasteiger partial charge in [0.1, 0.15) is 5.82 Å². The average molecular weight is 532 g/mol. The van der Waals surface area contributed by atoms with Crippen molar-refractivity contribution in [3.8, 4) is 11.5 Å². The highest BCUT2D eigenvalue weighted by molar-refractivity contribution is 6.04. The van der Waals surface area contributed by atoms with Crippen molar-refractivity contribution >= 4 is 17.6 Å². The molecule has 1 saturated carbocycles. The molecule has 2 N–H and O–H groups in total. The van der Waals surface area contributed by atoms with Gasteiger partial charge in [0.2, 0.25) is 5.89 Å². The molecule has 0 spiro atoms. The standard InChI is InChI=1S/C27H29F4N5O2/c28-23-6-2-1-5-21(23)24(37)32-19-11-12-20(22(15-19)27(29,30)31)25-34-35-26(38-25)33-18-9-7-17(8-10-18)16-36-13-3-4-14-36/h1-2,5-6,11-12,15,17-18H,3-4,7-10,13-14,16H2,(H,32,37)(H,33,35). The fraction of sp³-hybridized carbons (Fsp3) is 0.444. The second-order valence-electron chi connectivity index (χ2n) is 9.97. The highest BCUT2D eigenvalue weighted by Gasteiger charge is 2.36. The third-order valence-corrected chi connectivity index (χ3v) is 7.25. The normalized spacial score (nSPS) is 20.4. The SMILES string of the molecule is O=C(Nc1ccc(-c2nnc(NC3CCC(CN4CCCC4)CC3)o2)c(C(F)(F)F)c1)c1ccccc1F. The molecule has 0 bridgehead atoms. The van der Waals surface area contributed by atoms with E-state index < -0.39 is 23.5 Å². The zero-order valence-electron chi connectivity index (χ0n) is 20.7. The van der Waals surface area contributed by atoms with Crippen molar-refractivity contribution in [2.24, 2.45) is 5.92 Å². The zero-order valence-corrected chi connectivity index (χ0v) is 20.7. The van der Waals surface area contributed by atoms with Crippen LogP contribution in [0, 0.1) is 11.7 Å². The van der Waals surface area contributed by atoms with Gasteiger partial charge in [-0.2, -0.15) is 13.2 Å². The largest absolute Gasteiger partial charge is 0.417 e. The average Bonchev–Trinajstić information content (AvgIpc) is 3.57. The van der Waals surface area contributed by atoms with Crippen molar-refractivity contribution in [1.82, 2.24) is 15.1 Å². The Morgan fingerprint density at radius 1 is 1.03 bits per heavy atom. The Balaban J connectivity index is 1.25. The van der Waals surface area contributed by atoms with Gasteiger partial charge in [0.15, 0.2) is 0 Å². The molecule has 11 heteroatoms. The number of nitrogens with one attached hydrogen (secondary N) is 2. The van der Waals surface area contributed by atoms with Crippen molar-refractivity contribution in [2.75, 3.05) is 30.3 Å². The Morgan fingerprint density at radius 2 is 1.76 bits per heavy atom. The van der Waals surface area contributed by atoms with E-state index in [9.17, 15) is 22.4 Å². The van der Waals surface area contributed by atoms with Crippen LogP contribution in [0.1, 0.15) is 54.4 Å². The predicted octanol–water partition coefficient (Wildman–Crippen LogP) is 6.21. The molecule has 7 nitrogen and oxygen atoms in total. The number of benzene rings is 2. The van der Waals surface area contributed by atoms with E-state index in [0.717, 1.165) is 50.4 Å². The van der Waals surface area contributed by atoms with E-state index in [1.54, 1.807) is 0 Å². The molecule has 2 heterocycles. The van der Waals surface area contributed by atoms with Crippen LogP contribution < -0.4 is 10.6 Å². The monoisotopic (exact) mass is 531 g/mol. The van der Waals surface area contributed by atoms with Crippen molar-refractivity contribution in [3.05, 3.63) is 59.4 Å². The molecule has 2 fully saturated rings. The van der Waals surface area contributed by atoms with Gasteiger partial charge in [-0.25, -0.2) is 4.39 Å². The molecule has 3 aromatic rings. The number of hydrogen-bond acceptors (Lipinski definition) is 6. The molecule has 1 aromatic heterocycles. The molecule has 1 amide bonds. The molecule has 2 aliphatic rings. The van der Waals surface area contributed by atoms with Crippen LogP contribution in [0.2, 0.25) is 0 Å². The van der Waals surface area contributed by atoms with Crippen LogP contribution in [0.5, 0.6) is 0 Å². The van der Waals surface area contributed by atoms with Gasteiger partial charge in [0.05, 0.1) is 16.7 Å². The number of halogens is 4. The van der Waals surface area contributed by atoms with Crippen LogP contribution in [0.25, 0.3) is 11.5 Å². The number of anilines is 2. The highest BCUT2D eigenvalue weighted by atomic mass is 19.4. The van der Waals surface area contributed by atoms with Gasteiger partial charge < -0.3 is 20.0 Å². The highest BCUT2D eigenvalue weighted by Crippen LogP contribution is 2.39. The van der Waals surface area contributed by atoms with E-state index in [0.29, 0.717) is 5.92 Å². The summed E-state index contributed by atoms with van der Waals surface area (Å²) in [5.41, 5.74) is -1.78. The summed E-state index contributed by atoms with van der Waals surface area (Å²) >= 11 is 0. The molecule has 202 valence electrons. The lowest BCUT2D eigenvalue weighted by molar-refractivity contribution is -0.137. The molecular weight excluding hydrogens is 502 g/mol. The molecule has 0 atom stereocenters. The van der Waals surface area contributed by atoms with E-state index in [-0.39, 0.29) is 34.8 Å². The van der Waals surface area contributed by atoms with Crippen LogP contribution in [0.4, 0.5) is 29.3 Å². The summed E-state index contributed by atoms with van der Waals surface area (Å²) in [6.45, 7) is 3.50. The van der Waals surface area contributed by atoms with Gasteiger partial charge in [0.25, 0.3) is 5.91 Å². The summed E-state index contributed by atoms with van der Waals surface area (Å²) in [7, 11) is 0. The van der Waals surface area contributed by atoms with Gasteiger partial charge in [-0.1, -0.05) is 17.2 Å². The second-order valence-corrected chi connectivity index (χ2v) is 9.97. The van der Waals surface area contributed by atoms with Crippen LogP contribution in [-0.4, -0.2) is 46.7 Å². The molecule has 0 radical (unpaired) electrons. The van der Waals surface area contributed by atoms with Crippen molar-refractivity contribution < 1.29 is 26.8 Å². The molecular formula is C27H29F4N5O2. The lowest BCUT2D eigenvalue weighted by Gasteiger charge is -2.31. The van der Waals surface area contributed by atoms with Gasteiger partial charge in [-0.05, 0) is 87.9 Å². The quantitative estimate of drug-likeness (QED) is 0.353. The van der Waals surface area contributed by atoms with Crippen molar-refractivity contribution in [3.63, 3.8) is 0 Å². The van der Waals surface area contributed by atoms with Crippen LogP contribution >= 0.6 is 0 Å². The fourth-order valence-corrected chi connectivity index (χ4v) is 5.27. The maximum Gasteiger partial charge on any atom is 0.417 e. The summed E-state index contributed by atoms with van der Waals surface area (Å²) in [4.78, 5) is 14.9. The third kappa shape index (κ3) is 6.15. The molecule has 38 heavy (non-hydrogen) atoms. The molecule has 0 unspecified atom stereocenters. The third-order valence-electron chi connectivity index (χ3n) is 7.25. The molecule has 2 aromatic carbocycles. The maximum absolute atomic E-state index is 13.9. The number of rotatable bonds is 7. The molecule has 5 rings (SSSR count). The Hall–Kier alpha value is -3.47. The first-order valence-corrected chi connectivity index (χ1v) is 12.9. The molecule has 1 aliphatic heterocycles. The Bertz CT molecular complexity index is 1260. The van der Waals surface area contributed by atoms with E-state index >= 15 is 0 Å². The predicted molar refractivity (Wildman–Crippen MR) is 134 cm³/mol. The smallest absolute Gasteiger partial charge is 0.403 e. The van der Waals surface area contributed by atoms with E-state index in [1.807, 2.05) is 0 Å². The van der Waals surface area contributed by atoms with E-state index in [2.05, 4.69) is 25.7 Å². The van der Waals surface area contributed by atoms with E-state index in [4.69, 9.17) is 4.42 Å². The first-order valence-electron chi connectivity index (χ1n) is 12.9. The number of carbonyl (C=O) groups is 1. The lowest BCUT2D eigenvalue weighted by atomic mass is 9.86. The minimum Gasteiger partial charge on any atom is -0.403 e. The molecule has 1 aliphatic carbocycles. The minimum absolute atomic E-state index is 0.0769. The van der Waals surface area contributed by atoms with Crippen LogP contribution in [0.15, 0.2) is 46.9 Å². The van der Waals surface area contributed by atoms with Gasteiger partial charge in [0, 0.05) is 18.3 Å². The second kappa shape index (κ2) is 11.1. The zero-order chi connectivity index (χ0) is 26.7. The number of alkyl halides is 3. The Morgan fingerprint density at radius 3 is 2.47 bits per heavy atom. The fourth-order valence-electron chi connectivity index (χ4n) is 5.27. The van der Waals surface area contributed by atoms with E-state index in [1.165, 1.54) is 50.2 Å². The first kappa shape index (κ1) is 26.1. The number of aromatic nitrogens is 2. The first-order chi connectivity index (χ1) is 18.3. The van der Waals surface area contributed by atoms with Crippen LogP contribution in [-0.2, 0) is 6.18 Å². The minimum atomic E-state index is -4.76. The summed E-state index contributed by atoms with van der Waals surface area (Å²) in [5, 5.41) is 13.2. The summed E-state index contributed by atoms with van der Waals surface area (Å²) in [6, 6.07) is 8.62. The number of hydrogen-bond donors (Lipinski definition) is 2. The number of carbonyl (C=O) groups excluding carboxylic acids is 1. The maximum atomic E-state index is 13.9. The Labute approximate surface area is 217 Å². The van der Waals surface area contributed by atoms with Crippen molar-refractivity contribution in [1.29, 1.82) is 0 Å². The summed E-state index contributed by atoms with van der Waals surface area (Å²) in [5.74, 6) is -1.25. The Kier molecular flexibility index (Phi) is 7.64. The van der Waals surface area contributed by atoms with Crippen molar-refractivity contribution in [2.45, 2.75) is 50.7 Å². The summed E-state index contributed by atoms with van der Waals surface area (Å²) in [6.07, 6.45) is 1.81. The van der Waals surface area contributed by atoms with Crippen LogP contribution in [0.3, 0.4) is 0 Å². The number of amides is 1. The van der Waals surface area contributed by atoms with Gasteiger partial charge >= 0.3 is 12.2 Å². The molecule has 1 saturated heterocycles. The lowest BCUT2D eigenvalue weighted by Crippen LogP contribution is -2.32. The number of nitrogens with zero attached hydrogens (tertiary/aromatic N) is 3. The van der Waals surface area contributed by atoms with Gasteiger partial charge in [-0.3, -0.25) is 4.79 Å². The van der Waals surface area contributed by atoms with Gasteiger partial charge in [-0.15, -0.1) is 5.10 Å². The summed E-state index contributed by atoms with van der Waals surface area (Å²) < 4.78 is 61.2. The topological polar surface area (TPSA) is 83.3 Å².